The van der Waals surface area contributed by atoms with E-state index in [1.165, 1.54) is 16.0 Å². The Hall–Kier alpha value is -1.32. The van der Waals surface area contributed by atoms with Crippen LogP contribution in [0.3, 0.4) is 0 Å². The van der Waals surface area contributed by atoms with Crippen LogP contribution < -0.4 is 10.1 Å². The van der Waals surface area contributed by atoms with Gasteiger partial charge in [0.2, 0.25) is 0 Å². The van der Waals surface area contributed by atoms with Crippen molar-refractivity contribution in [1.29, 1.82) is 0 Å². The number of hydrogen-bond donors (Lipinski definition) is 1. The van der Waals surface area contributed by atoms with Crippen molar-refractivity contribution < 1.29 is 4.74 Å². The lowest BCUT2D eigenvalue weighted by atomic mass is 10.1. The van der Waals surface area contributed by atoms with Gasteiger partial charge in [0.25, 0.3) is 0 Å². The van der Waals surface area contributed by atoms with E-state index in [-0.39, 0.29) is 0 Å². The third-order valence-corrected chi connectivity index (χ3v) is 4.29. The fraction of sp³-hybridized carbons (Fsp3) is 0.375. The van der Waals surface area contributed by atoms with Crippen molar-refractivity contribution >= 4 is 11.3 Å². The van der Waals surface area contributed by atoms with Gasteiger partial charge in [0.1, 0.15) is 5.75 Å². The Labute approximate surface area is 119 Å². The number of benzene rings is 1. The van der Waals surface area contributed by atoms with Crippen molar-refractivity contribution in [3.63, 3.8) is 0 Å². The molecule has 3 heteroatoms. The van der Waals surface area contributed by atoms with E-state index in [4.69, 9.17) is 4.74 Å². The molecule has 1 unspecified atom stereocenters. The first-order valence-corrected chi connectivity index (χ1v) is 7.53. The smallest absolute Gasteiger partial charge is 0.121 e. The first-order chi connectivity index (χ1) is 9.24. The van der Waals surface area contributed by atoms with Crippen LogP contribution in [0.2, 0.25) is 0 Å². The normalized spacial score (nSPS) is 12.4. The van der Waals surface area contributed by atoms with Gasteiger partial charge in [-0.15, -0.1) is 11.3 Å². The molecule has 1 N–H and O–H groups in total. The van der Waals surface area contributed by atoms with E-state index < -0.39 is 0 Å². The number of nitrogens with one attached hydrogen (secondary N) is 1. The van der Waals surface area contributed by atoms with E-state index in [9.17, 15) is 0 Å². The molecule has 0 saturated carbocycles. The second kappa shape index (κ2) is 6.73. The minimum Gasteiger partial charge on any atom is -0.496 e. The van der Waals surface area contributed by atoms with Crippen LogP contribution in [0.5, 0.6) is 5.75 Å². The van der Waals surface area contributed by atoms with Crippen LogP contribution in [0.15, 0.2) is 35.7 Å². The van der Waals surface area contributed by atoms with Crippen molar-refractivity contribution in [2.45, 2.75) is 32.9 Å². The monoisotopic (exact) mass is 275 g/mol. The number of hydrogen-bond acceptors (Lipinski definition) is 3. The predicted molar refractivity (Wildman–Crippen MR) is 81.9 cm³/mol. The van der Waals surface area contributed by atoms with E-state index in [2.05, 4.69) is 48.8 Å². The SMILES string of the molecule is CCC(NCc1ccc(OC)c(C)c1)c1cccs1. The van der Waals surface area contributed by atoms with Gasteiger partial charge in [-0.05, 0) is 42.0 Å². The molecule has 0 fully saturated rings. The molecule has 0 radical (unpaired) electrons. The highest BCUT2D eigenvalue weighted by atomic mass is 32.1. The lowest BCUT2D eigenvalue weighted by Gasteiger charge is -2.16. The molecule has 1 aromatic heterocycles. The van der Waals surface area contributed by atoms with E-state index >= 15 is 0 Å². The van der Waals surface area contributed by atoms with Gasteiger partial charge < -0.3 is 10.1 Å². The molecule has 0 saturated heterocycles. The Morgan fingerprint density at radius 1 is 1.32 bits per heavy atom. The van der Waals surface area contributed by atoms with Crippen molar-refractivity contribution in [2.75, 3.05) is 7.11 Å². The number of aryl methyl sites for hydroxylation is 1. The molecule has 0 aliphatic carbocycles. The largest absolute Gasteiger partial charge is 0.496 e. The number of rotatable bonds is 6. The van der Waals surface area contributed by atoms with Crippen molar-refractivity contribution in [3.05, 3.63) is 51.7 Å². The summed E-state index contributed by atoms with van der Waals surface area (Å²) in [5.74, 6) is 0.953. The summed E-state index contributed by atoms with van der Waals surface area (Å²) in [6.45, 7) is 5.19. The lowest BCUT2D eigenvalue weighted by molar-refractivity contribution is 0.411. The summed E-state index contributed by atoms with van der Waals surface area (Å²) in [7, 11) is 1.71. The molecular formula is C16H21NOS. The van der Waals surface area contributed by atoms with Crippen LogP contribution in [-0.2, 0) is 6.54 Å². The van der Waals surface area contributed by atoms with Crippen LogP contribution in [0.25, 0.3) is 0 Å². The van der Waals surface area contributed by atoms with Crippen LogP contribution in [0.1, 0.15) is 35.4 Å². The second-order valence-electron chi connectivity index (χ2n) is 4.66. The fourth-order valence-electron chi connectivity index (χ4n) is 2.23. The molecule has 102 valence electrons. The van der Waals surface area contributed by atoms with Crippen LogP contribution >= 0.6 is 11.3 Å². The summed E-state index contributed by atoms with van der Waals surface area (Å²) in [6.07, 6.45) is 1.11. The summed E-state index contributed by atoms with van der Waals surface area (Å²) in [5.41, 5.74) is 2.49. The number of methoxy groups -OCH3 is 1. The summed E-state index contributed by atoms with van der Waals surface area (Å²) in [6, 6.07) is 11.1. The van der Waals surface area contributed by atoms with Crippen molar-refractivity contribution in [3.8, 4) is 5.75 Å². The molecule has 2 rings (SSSR count). The molecule has 0 aliphatic rings. The molecule has 19 heavy (non-hydrogen) atoms. The van der Waals surface area contributed by atoms with Crippen LogP contribution in [-0.4, -0.2) is 7.11 Å². The molecule has 0 spiro atoms. The summed E-state index contributed by atoms with van der Waals surface area (Å²) < 4.78 is 5.29. The molecule has 0 aliphatic heterocycles. The first kappa shape index (κ1) is 14.1. The van der Waals surface area contributed by atoms with E-state index in [1.807, 2.05) is 17.4 Å². The second-order valence-corrected chi connectivity index (χ2v) is 5.64. The van der Waals surface area contributed by atoms with Gasteiger partial charge in [0, 0.05) is 17.5 Å². The highest BCUT2D eigenvalue weighted by molar-refractivity contribution is 7.10. The number of ether oxygens (including phenoxy) is 1. The van der Waals surface area contributed by atoms with Gasteiger partial charge in [-0.2, -0.15) is 0 Å². The van der Waals surface area contributed by atoms with Gasteiger partial charge in [-0.25, -0.2) is 0 Å². The zero-order valence-corrected chi connectivity index (χ0v) is 12.6. The average molecular weight is 275 g/mol. The number of thiophene rings is 1. The molecule has 2 nitrogen and oxygen atoms in total. The Morgan fingerprint density at radius 3 is 2.74 bits per heavy atom. The molecule has 1 atom stereocenters. The minimum absolute atomic E-state index is 0.447. The molecule has 1 heterocycles. The van der Waals surface area contributed by atoms with E-state index in [0.29, 0.717) is 6.04 Å². The summed E-state index contributed by atoms with van der Waals surface area (Å²) in [4.78, 5) is 1.41. The Kier molecular flexibility index (Phi) is 5.00. The first-order valence-electron chi connectivity index (χ1n) is 6.65. The van der Waals surface area contributed by atoms with Crippen LogP contribution in [0, 0.1) is 6.92 Å². The molecule has 0 amide bonds. The average Bonchev–Trinajstić information content (AvgIpc) is 2.94. The van der Waals surface area contributed by atoms with Crippen LogP contribution in [0.4, 0.5) is 0 Å². The molecule has 1 aromatic carbocycles. The fourth-order valence-corrected chi connectivity index (χ4v) is 3.11. The maximum absolute atomic E-state index is 5.29. The van der Waals surface area contributed by atoms with Gasteiger partial charge in [-0.1, -0.05) is 25.1 Å². The molecule has 0 bridgehead atoms. The zero-order valence-electron chi connectivity index (χ0n) is 11.8. The topological polar surface area (TPSA) is 21.3 Å². The Balaban J connectivity index is 1.99. The van der Waals surface area contributed by atoms with Crippen molar-refractivity contribution in [1.82, 2.24) is 5.32 Å². The van der Waals surface area contributed by atoms with Gasteiger partial charge >= 0.3 is 0 Å². The molecule has 2 aromatic rings. The summed E-state index contributed by atoms with van der Waals surface area (Å²) >= 11 is 1.82. The van der Waals surface area contributed by atoms with E-state index in [1.54, 1.807) is 7.11 Å². The highest BCUT2D eigenvalue weighted by Crippen LogP contribution is 2.23. The summed E-state index contributed by atoms with van der Waals surface area (Å²) in [5, 5.41) is 5.76. The van der Waals surface area contributed by atoms with Gasteiger partial charge in [0.15, 0.2) is 0 Å². The minimum atomic E-state index is 0.447. The third-order valence-electron chi connectivity index (χ3n) is 3.31. The van der Waals surface area contributed by atoms with Crippen molar-refractivity contribution in [2.24, 2.45) is 0 Å². The maximum atomic E-state index is 5.29. The van der Waals surface area contributed by atoms with Gasteiger partial charge in [-0.3, -0.25) is 0 Å². The Morgan fingerprint density at radius 2 is 2.16 bits per heavy atom. The van der Waals surface area contributed by atoms with E-state index in [0.717, 1.165) is 18.7 Å². The third kappa shape index (κ3) is 3.58. The quantitative estimate of drug-likeness (QED) is 0.848. The van der Waals surface area contributed by atoms with Gasteiger partial charge in [0.05, 0.1) is 7.11 Å². The highest BCUT2D eigenvalue weighted by Gasteiger charge is 2.09. The molecular weight excluding hydrogens is 254 g/mol. The zero-order chi connectivity index (χ0) is 13.7. The lowest BCUT2D eigenvalue weighted by Crippen LogP contribution is -2.19. The Bertz CT molecular complexity index is 507. The standard InChI is InChI=1S/C16H21NOS/c1-4-14(16-6-5-9-19-16)17-11-13-7-8-15(18-3)12(2)10-13/h5-10,14,17H,4,11H2,1-3H3. The maximum Gasteiger partial charge on any atom is 0.121 e. The predicted octanol–water partition coefficient (Wildman–Crippen LogP) is 4.31.